The minimum absolute atomic E-state index is 0.0407. The van der Waals surface area contributed by atoms with Gasteiger partial charge in [0.05, 0.1) is 30.3 Å². The van der Waals surface area contributed by atoms with Crippen molar-refractivity contribution in [3.8, 4) is 17.1 Å². The monoisotopic (exact) mass is 739 g/mol. The number of carbonyl (C=O) groups excluding carboxylic acids is 1. The number of benzene rings is 1. The van der Waals surface area contributed by atoms with Gasteiger partial charge in [0.1, 0.15) is 17.0 Å². The van der Waals surface area contributed by atoms with Crippen LogP contribution in [0.4, 0.5) is 17.6 Å². The van der Waals surface area contributed by atoms with E-state index in [0.29, 0.717) is 55.8 Å². The number of hydrogen-bond acceptors (Lipinski definition) is 6. The summed E-state index contributed by atoms with van der Waals surface area (Å²) in [5, 5.41) is 14.1. The van der Waals surface area contributed by atoms with Crippen LogP contribution in [-0.4, -0.2) is 73.1 Å². The summed E-state index contributed by atoms with van der Waals surface area (Å²) >= 11 is 0. The fourth-order valence-electron chi connectivity index (χ4n) is 10.8. The van der Waals surface area contributed by atoms with Gasteiger partial charge in [-0.05, 0) is 106 Å². The molecule has 6 fully saturated rings. The minimum atomic E-state index is -3.52. The number of hydrogen-bond donors (Lipinski definition) is 2. The summed E-state index contributed by atoms with van der Waals surface area (Å²) in [5.74, 6) is -6.98. The van der Waals surface area contributed by atoms with Crippen molar-refractivity contribution < 1.29 is 37.0 Å². The van der Waals surface area contributed by atoms with E-state index >= 15 is 8.78 Å². The van der Waals surface area contributed by atoms with E-state index in [0.717, 1.165) is 62.0 Å². The van der Waals surface area contributed by atoms with Gasteiger partial charge in [0.2, 0.25) is 0 Å². The molecule has 1 amide bonds. The van der Waals surface area contributed by atoms with E-state index in [1.54, 1.807) is 0 Å². The molecule has 0 unspecified atom stereocenters. The molecular weight excluding hydrogens is 690 g/mol. The molecule has 13 heteroatoms. The molecule has 286 valence electrons. The van der Waals surface area contributed by atoms with Crippen LogP contribution >= 0.6 is 0 Å². The average Bonchev–Trinajstić information content (AvgIpc) is 3.47. The normalized spacial score (nSPS) is 30.8. The molecule has 9 rings (SSSR count). The van der Waals surface area contributed by atoms with Gasteiger partial charge in [0.25, 0.3) is 17.8 Å². The van der Waals surface area contributed by atoms with Gasteiger partial charge < -0.3 is 19.7 Å². The maximum atomic E-state index is 15.4. The molecule has 1 saturated heterocycles. The highest BCUT2D eigenvalue weighted by Gasteiger charge is 2.62. The summed E-state index contributed by atoms with van der Waals surface area (Å²) in [6, 6.07) is 5.92. The van der Waals surface area contributed by atoms with Crippen LogP contribution < -0.4 is 10.1 Å². The molecular formula is C40H49F4N5O4. The summed E-state index contributed by atoms with van der Waals surface area (Å²) in [6.45, 7) is 4.52. The molecule has 9 nitrogen and oxygen atoms in total. The Hall–Kier alpha value is -3.74. The Balaban J connectivity index is 1.08. The molecule has 2 N–H and O–H groups in total. The number of halogens is 4. The molecule has 5 saturated carbocycles. The second-order valence-electron chi connectivity index (χ2n) is 16.7. The van der Waals surface area contributed by atoms with E-state index in [2.05, 4.69) is 33.7 Å². The maximum absolute atomic E-state index is 15.4. The van der Waals surface area contributed by atoms with Gasteiger partial charge in [0.15, 0.2) is 5.82 Å². The van der Waals surface area contributed by atoms with Gasteiger partial charge in [-0.3, -0.25) is 9.69 Å². The van der Waals surface area contributed by atoms with Crippen molar-refractivity contribution in [2.24, 2.45) is 23.7 Å². The molecule has 3 aromatic rings. The third-order valence-corrected chi connectivity index (χ3v) is 13.3. The molecule has 3 heterocycles. The van der Waals surface area contributed by atoms with Crippen molar-refractivity contribution in [2.45, 2.75) is 127 Å². The molecule has 0 atom stereocenters. The predicted molar refractivity (Wildman–Crippen MR) is 190 cm³/mol. The van der Waals surface area contributed by atoms with Crippen molar-refractivity contribution >= 4 is 22.8 Å². The van der Waals surface area contributed by atoms with Crippen molar-refractivity contribution in [1.29, 1.82) is 0 Å². The lowest BCUT2D eigenvalue weighted by Crippen LogP contribution is -2.70. The Kier molecular flexibility index (Phi) is 9.05. The first-order valence-corrected chi connectivity index (χ1v) is 19.4. The summed E-state index contributed by atoms with van der Waals surface area (Å²) in [5.41, 5.74) is -1.30. The number of ether oxygens (including phenoxy) is 1. The first kappa shape index (κ1) is 36.2. The second kappa shape index (κ2) is 13.2. The number of amides is 1. The lowest BCUT2D eigenvalue weighted by Gasteiger charge is -2.59. The standard InChI is InChI=1S/C40H49F4N5O4/c1-4-26(5-2)49-19-32(30-11-10-29(17-33(30)49)53-28-8-6-27(7-9-28)48-20-39(43,44)21-48)35-45-18-31(34(46-35)38(3,41)42)36(50)47-40(37(51)52)24-13-22-12-23(15-24)16-25(40)14-22/h10-11,17-19,22-28H,4-9,12-16,20-21H2,1-3H3,(H,47,50)(H,51,52)/t22?,23?,24?,25?,27-,28-,40?. The zero-order valence-corrected chi connectivity index (χ0v) is 30.6. The molecule has 6 aliphatic rings. The summed E-state index contributed by atoms with van der Waals surface area (Å²) in [6.07, 6.45) is 11.6. The van der Waals surface area contributed by atoms with Crippen molar-refractivity contribution in [2.75, 3.05) is 13.1 Å². The number of rotatable bonds is 11. The van der Waals surface area contributed by atoms with E-state index in [-0.39, 0.29) is 48.9 Å². The van der Waals surface area contributed by atoms with Crippen LogP contribution in [0.3, 0.4) is 0 Å². The first-order chi connectivity index (χ1) is 25.2. The topological polar surface area (TPSA) is 110 Å². The van der Waals surface area contributed by atoms with Gasteiger partial charge in [-0.25, -0.2) is 23.5 Å². The third-order valence-electron chi connectivity index (χ3n) is 13.3. The van der Waals surface area contributed by atoms with Crippen molar-refractivity contribution in [3.63, 3.8) is 0 Å². The largest absolute Gasteiger partial charge is 0.490 e. The van der Waals surface area contributed by atoms with Crippen LogP contribution in [0, 0.1) is 23.7 Å². The number of carboxylic acids is 1. The van der Waals surface area contributed by atoms with Crippen molar-refractivity contribution in [1.82, 2.24) is 24.8 Å². The van der Waals surface area contributed by atoms with Crippen LogP contribution in [0.15, 0.2) is 30.6 Å². The fourth-order valence-corrected chi connectivity index (χ4v) is 10.8. The summed E-state index contributed by atoms with van der Waals surface area (Å²) in [7, 11) is 0. The highest BCUT2D eigenvalue weighted by molar-refractivity contribution is 6.00. The fraction of sp³-hybridized carbons (Fsp3) is 0.650. The maximum Gasteiger partial charge on any atom is 0.330 e. The van der Waals surface area contributed by atoms with Crippen molar-refractivity contribution in [3.05, 3.63) is 41.9 Å². The number of carboxylic acid groups (broad SMARTS) is 1. The number of aromatic nitrogens is 3. The van der Waals surface area contributed by atoms with E-state index in [1.165, 1.54) is 0 Å². The number of likely N-dealkylation sites (tertiary alicyclic amines) is 1. The lowest BCUT2D eigenvalue weighted by molar-refractivity contribution is -0.163. The minimum Gasteiger partial charge on any atom is -0.490 e. The highest BCUT2D eigenvalue weighted by atomic mass is 19.3. The number of nitrogens with one attached hydrogen (secondary N) is 1. The van der Waals surface area contributed by atoms with E-state index in [9.17, 15) is 23.5 Å². The Morgan fingerprint density at radius 2 is 1.66 bits per heavy atom. The molecule has 5 aliphatic carbocycles. The van der Waals surface area contributed by atoms with E-state index < -0.39 is 40.5 Å². The van der Waals surface area contributed by atoms with Crippen LogP contribution in [0.1, 0.15) is 113 Å². The van der Waals surface area contributed by atoms with Crippen LogP contribution in [0.25, 0.3) is 22.3 Å². The predicted octanol–water partition coefficient (Wildman–Crippen LogP) is 8.22. The van der Waals surface area contributed by atoms with Gasteiger partial charge in [-0.2, -0.15) is 8.78 Å². The molecule has 1 aromatic carbocycles. The molecule has 2 aromatic heterocycles. The quantitative estimate of drug-likeness (QED) is 0.191. The van der Waals surface area contributed by atoms with E-state index in [1.807, 2.05) is 29.3 Å². The number of alkyl halides is 4. The Morgan fingerprint density at radius 3 is 2.23 bits per heavy atom. The molecule has 4 bridgehead atoms. The summed E-state index contributed by atoms with van der Waals surface area (Å²) in [4.78, 5) is 37.5. The second-order valence-corrected chi connectivity index (χ2v) is 16.7. The van der Waals surface area contributed by atoms with Gasteiger partial charge in [0, 0.05) is 48.4 Å². The molecule has 53 heavy (non-hydrogen) atoms. The molecule has 1 aliphatic heterocycles. The number of aliphatic carboxylic acids is 1. The SMILES string of the molecule is CCC(CC)n1cc(-c2ncc(C(=O)NC3(C(=O)O)C4CC5CC(C4)CC3C5)c(C(C)(F)F)n2)c2ccc(O[C@H]3CC[C@H](N4CC(F)(F)C4)CC3)cc21. The van der Waals surface area contributed by atoms with E-state index in [4.69, 9.17) is 4.74 Å². The zero-order valence-electron chi connectivity index (χ0n) is 30.6. The number of fused-ring (bicyclic) bond motifs is 1. The van der Waals surface area contributed by atoms with Crippen LogP contribution in [0.2, 0.25) is 0 Å². The molecule has 0 radical (unpaired) electrons. The Morgan fingerprint density at radius 1 is 1.02 bits per heavy atom. The molecule has 0 spiro atoms. The smallest absolute Gasteiger partial charge is 0.330 e. The number of carbonyl (C=O) groups is 2. The zero-order chi connectivity index (χ0) is 37.4. The van der Waals surface area contributed by atoms with Gasteiger partial charge >= 0.3 is 5.97 Å². The average molecular weight is 740 g/mol. The summed E-state index contributed by atoms with van der Waals surface area (Å²) < 4.78 is 66.2. The lowest BCUT2D eigenvalue weighted by atomic mass is 9.48. The van der Waals surface area contributed by atoms with Gasteiger partial charge in [-0.1, -0.05) is 13.8 Å². The highest BCUT2D eigenvalue weighted by Crippen LogP contribution is 2.58. The first-order valence-electron chi connectivity index (χ1n) is 19.4. The number of nitrogens with zero attached hydrogens (tertiary/aromatic N) is 4. The van der Waals surface area contributed by atoms with Crippen LogP contribution in [-0.2, 0) is 10.7 Å². The van der Waals surface area contributed by atoms with Crippen LogP contribution in [0.5, 0.6) is 5.75 Å². The Bertz CT molecular complexity index is 1860. The third kappa shape index (κ3) is 6.38. The van der Waals surface area contributed by atoms with Gasteiger partial charge in [-0.15, -0.1) is 0 Å². The Labute approximate surface area is 306 Å².